The molecule has 2 aromatic rings. The summed E-state index contributed by atoms with van der Waals surface area (Å²) in [6.45, 7) is 4.56. The Morgan fingerprint density at radius 3 is 2.31 bits per heavy atom. The summed E-state index contributed by atoms with van der Waals surface area (Å²) < 4.78 is 29.8. The average molecular weight is 375 g/mol. The van der Waals surface area contributed by atoms with Crippen molar-refractivity contribution in [2.45, 2.75) is 37.7 Å². The molecule has 0 bridgehead atoms. The van der Waals surface area contributed by atoms with E-state index >= 15 is 0 Å². The van der Waals surface area contributed by atoms with Crippen molar-refractivity contribution in [2.75, 3.05) is 12.4 Å². The van der Waals surface area contributed by atoms with E-state index in [1.54, 1.807) is 33.1 Å². The highest BCUT2D eigenvalue weighted by molar-refractivity contribution is 7.93. The van der Waals surface area contributed by atoms with Gasteiger partial charge in [-0.05, 0) is 44.5 Å². The molecule has 0 saturated heterocycles. The van der Waals surface area contributed by atoms with Crippen LogP contribution in [0, 0.1) is 0 Å². The minimum Gasteiger partial charge on any atom is -0.496 e. The number of sulfone groups is 1. The highest BCUT2D eigenvalue weighted by atomic mass is 32.2. The van der Waals surface area contributed by atoms with E-state index in [1.807, 2.05) is 36.4 Å². The quantitative estimate of drug-likeness (QED) is 0.805. The molecule has 0 heterocycles. The normalized spacial score (nSPS) is 12.7. The zero-order valence-electron chi connectivity index (χ0n) is 15.5. The van der Waals surface area contributed by atoms with Crippen LogP contribution in [0.5, 0.6) is 5.75 Å². The van der Waals surface area contributed by atoms with Crippen LogP contribution < -0.4 is 10.1 Å². The lowest BCUT2D eigenvalue weighted by Crippen LogP contribution is -2.36. The second-order valence-electron chi connectivity index (χ2n) is 6.46. The number of carbonyl (C=O) groups is 1. The molecular weight excluding hydrogens is 350 g/mol. The Morgan fingerprint density at radius 1 is 1.08 bits per heavy atom. The molecule has 0 saturated carbocycles. The zero-order valence-corrected chi connectivity index (χ0v) is 16.3. The Kier molecular flexibility index (Phi) is 6.42. The predicted molar refractivity (Wildman–Crippen MR) is 104 cm³/mol. The Hall–Kier alpha value is -2.34. The summed E-state index contributed by atoms with van der Waals surface area (Å²) in [7, 11) is -1.91. The molecule has 0 aliphatic rings. The van der Waals surface area contributed by atoms with Gasteiger partial charge in [-0.2, -0.15) is 0 Å². The van der Waals surface area contributed by atoms with Crippen LogP contribution >= 0.6 is 0 Å². The van der Waals surface area contributed by atoms with E-state index in [-0.39, 0.29) is 0 Å². The van der Waals surface area contributed by atoms with Crippen molar-refractivity contribution >= 4 is 21.4 Å². The van der Waals surface area contributed by atoms with Crippen LogP contribution in [-0.2, 0) is 21.1 Å². The standard InChI is InChI=1S/C20H25NO4S/c1-14(2)26(23,24)15(3)20(22)21-18-10-11-19(25-4)17(13-18)12-16-8-6-5-7-9-16/h5-11,13-15H,12H2,1-4H3,(H,21,22)/t15-/m0/s1. The fourth-order valence-electron chi connectivity index (χ4n) is 2.61. The number of carbonyl (C=O) groups excluding carboxylic acids is 1. The van der Waals surface area contributed by atoms with E-state index in [0.717, 1.165) is 16.9 Å². The first-order valence-corrected chi connectivity index (χ1v) is 10.1. The summed E-state index contributed by atoms with van der Waals surface area (Å²) in [4.78, 5) is 12.4. The Morgan fingerprint density at radius 2 is 1.73 bits per heavy atom. The molecule has 0 aliphatic carbocycles. The van der Waals surface area contributed by atoms with E-state index in [9.17, 15) is 13.2 Å². The molecule has 26 heavy (non-hydrogen) atoms. The van der Waals surface area contributed by atoms with Crippen LogP contribution in [0.3, 0.4) is 0 Å². The van der Waals surface area contributed by atoms with Gasteiger partial charge < -0.3 is 10.1 Å². The highest BCUT2D eigenvalue weighted by Crippen LogP contribution is 2.25. The number of hydrogen-bond donors (Lipinski definition) is 1. The first-order chi connectivity index (χ1) is 12.3. The van der Waals surface area contributed by atoms with Gasteiger partial charge in [0, 0.05) is 17.7 Å². The fourth-order valence-corrected chi connectivity index (χ4v) is 3.79. The molecule has 1 amide bonds. The summed E-state index contributed by atoms with van der Waals surface area (Å²) >= 11 is 0. The number of amides is 1. The molecule has 140 valence electrons. The number of benzene rings is 2. The van der Waals surface area contributed by atoms with Crippen molar-refractivity contribution in [3.8, 4) is 5.75 Å². The Labute approximate surface area is 155 Å². The third-order valence-electron chi connectivity index (χ3n) is 4.30. The second kappa shape index (κ2) is 8.36. The average Bonchev–Trinajstić information content (AvgIpc) is 2.62. The van der Waals surface area contributed by atoms with Gasteiger partial charge in [-0.15, -0.1) is 0 Å². The van der Waals surface area contributed by atoms with Crippen LogP contribution in [0.2, 0.25) is 0 Å². The van der Waals surface area contributed by atoms with Gasteiger partial charge in [-0.3, -0.25) is 4.79 Å². The Bertz CT molecular complexity index is 861. The van der Waals surface area contributed by atoms with Crippen LogP contribution in [0.25, 0.3) is 0 Å². The molecule has 0 radical (unpaired) electrons. The maximum absolute atomic E-state index is 12.4. The van der Waals surface area contributed by atoms with Gasteiger partial charge in [0.1, 0.15) is 11.0 Å². The molecule has 0 spiro atoms. The van der Waals surface area contributed by atoms with Gasteiger partial charge in [0.2, 0.25) is 5.91 Å². The molecule has 6 heteroatoms. The molecule has 2 rings (SSSR count). The van der Waals surface area contributed by atoms with E-state index in [1.165, 1.54) is 6.92 Å². The third-order valence-corrected chi connectivity index (χ3v) is 6.82. The SMILES string of the molecule is COc1ccc(NC(=O)[C@H](C)S(=O)(=O)C(C)C)cc1Cc1ccccc1. The molecule has 2 aromatic carbocycles. The molecule has 1 atom stereocenters. The molecule has 0 unspecified atom stereocenters. The maximum atomic E-state index is 12.4. The van der Waals surface area contributed by atoms with Crippen molar-refractivity contribution in [2.24, 2.45) is 0 Å². The number of rotatable bonds is 7. The first-order valence-electron chi connectivity index (χ1n) is 8.50. The number of ether oxygens (including phenoxy) is 1. The molecular formula is C20H25NO4S. The summed E-state index contributed by atoms with van der Waals surface area (Å²) in [6.07, 6.45) is 0.646. The van der Waals surface area contributed by atoms with Gasteiger partial charge >= 0.3 is 0 Å². The zero-order chi connectivity index (χ0) is 19.3. The number of nitrogens with one attached hydrogen (secondary N) is 1. The molecule has 0 aromatic heterocycles. The van der Waals surface area contributed by atoms with Crippen molar-refractivity contribution in [1.82, 2.24) is 0 Å². The Balaban J connectivity index is 2.23. The monoisotopic (exact) mass is 375 g/mol. The van der Waals surface area contributed by atoms with Crippen molar-refractivity contribution in [3.63, 3.8) is 0 Å². The third kappa shape index (κ3) is 4.64. The number of methoxy groups -OCH3 is 1. The molecule has 0 aliphatic heterocycles. The minimum absolute atomic E-state index is 0.533. The van der Waals surface area contributed by atoms with Crippen LogP contribution in [0.15, 0.2) is 48.5 Å². The summed E-state index contributed by atoms with van der Waals surface area (Å²) in [5.41, 5.74) is 2.58. The van der Waals surface area contributed by atoms with Crippen LogP contribution in [0.4, 0.5) is 5.69 Å². The van der Waals surface area contributed by atoms with Crippen molar-refractivity contribution in [1.29, 1.82) is 0 Å². The van der Waals surface area contributed by atoms with Gasteiger partial charge in [-0.25, -0.2) is 8.42 Å². The van der Waals surface area contributed by atoms with E-state index in [0.29, 0.717) is 12.1 Å². The predicted octanol–water partition coefficient (Wildman–Crippen LogP) is 3.44. The van der Waals surface area contributed by atoms with Crippen molar-refractivity contribution < 1.29 is 17.9 Å². The largest absolute Gasteiger partial charge is 0.496 e. The second-order valence-corrected chi connectivity index (χ2v) is 9.29. The summed E-state index contributed by atoms with van der Waals surface area (Å²) in [5, 5.41) is 0.993. The lowest BCUT2D eigenvalue weighted by Gasteiger charge is -2.17. The topological polar surface area (TPSA) is 72.5 Å². The van der Waals surface area contributed by atoms with Gasteiger partial charge in [0.05, 0.1) is 12.4 Å². The molecule has 1 N–H and O–H groups in total. The number of hydrogen-bond acceptors (Lipinski definition) is 4. The fraction of sp³-hybridized carbons (Fsp3) is 0.350. The van der Waals surface area contributed by atoms with Crippen LogP contribution in [-0.4, -0.2) is 31.9 Å². The lowest BCUT2D eigenvalue weighted by atomic mass is 10.0. The van der Waals surface area contributed by atoms with Gasteiger partial charge in [0.25, 0.3) is 0 Å². The van der Waals surface area contributed by atoms with E-state index < -0.39 is 26.2 Å². The summed E-state index contributed by atoms with van der Waals surface area (Å²) in [5.74, 6) is 0.184. The smallest absolute Gasteiger partial charge is 0.242 e. The lowest BCUT2D eigenvalue weighted by molar-refractivity contribution is -0.115. The van der Waals surface area contributed by atoms with Crippen molar-refractivity contribution in [3.05, 3.63) is 59.7 Å². The summed E-state index contributed by atoms with van der Waals surface area (Å²) in [6, 6.07) is 15.2. The van der Waals surface area contributed by atoms with E-state index in [2.05, 4.69) is 5.32 Å². The van der Waals surface area contributed by atoms with Crippen LogP contribution in [0.1, 0.15) is 31.9 Å². The molecule has 0 fully saturated rings. The van der Waals surface area contributed by atoms with Gasteiger partial charge in [0.15, 0.2) is 9.84 Å². The van der Waals surface area contributed by atoms with Gasteiger partial charge in [-0.1, -0.05) is 30.3 Å². The highest BCUT2D eigenvalue weighted by Gasteiger charge is 2.30. The molecule has 5 nitrogen and oxygen atoms in total. The van der Waals surface area contributed by atoms with E-state index in [4.69, 9.17) is 4.74 Å². The maximum Gasteiger partial charge on any atom is 0.242 e. The first kappa shape index (κ1) is 20.0. The minimum atomic E-state index is -3.50. The number of anilines is 1.